The van der Waals surface area contributed by atoms with Gasteiger partial charge in [-0.2, -0.15) is 0 Å². The largest absolute Gasteiger partial charge is 0.347 e. The molecule has 8 heteroatoms. The van der Waals surface area contributed by atoms with E-state index in [2.05, 4.69) is 21.2 Å². The lowest BCUT2D eigenvalue weighted by molar-refractivity contribution is -0.384. The number of amides is 1. The van der Waals surface area contributed by atoms with E-state index in [0.717, 1.165) is 9.35 Å². The van der Waals surface area contributed by atoms with Crippen LogP contribution >= 0.6 is 38.9 Å². The predicted octanol–water partition coefficient (Wildman–Crippen LogP) is 4.00. The standard InChI is InChI=1S/C12H8BrClN2O3S/c13-9-3-4-20-11(9)6-15-12(17)8-5-7(16(18)19)1-2-10(8)14/h1-5H,6H2,(H,15,17). The Hall–Kier alpha value is -1.44. The van der Waals surface area contributed by atoms with E-state index in [1.54, 1.807) is 0 Å². The van der Waals surface area contributed by atoms with Gasteiger partial charge in [0.05, 0.1) is 22.1 Å². The Morgan fingerprint density at radius 3 is 2.80 bits per heavy atom. The summed E-state index contributed by atoms with van der Waals surface area (Å²) in [5.74, 6) is -0.445. The van der Waals surface area contributed by atoms with E-state index in [4.69, 9.17) is 11.6 Å². The van der Waals surface area contributed by atoms with Crippen LogP contribution in [0.25, 0.3) is 0 Å². The van der Waals surface area contributed by atoms with Crippen LogP contribution < -0.4 is 5.32 Å². The van der Waals surface area contributed by atoms with Crippen molar-refractivity contribution in [1.82, 2.24) is 5.32 Å². The summed E-state index contributed by atoms with van der Waals surface area (Å²) in [6, 6.07) is 5.65. The molecule has 5 nitrogen and oxygen atoms in total. The van der Waals surface area contributed by atoms with E-state index >= 15 is 0 Å². The lowest BCUT2D eigenvalue weighted by Gasteiger charge is -2.06. The number of hydrogen-bond acceptors (Lipinski definition) is 4. The average Bonchev–Trinajstić information content (AvgIpc) is 2.81. The highest BCUT2D eigenvalue weighted by atomic mass is 79.9. The third kappa shape index (κ3) is 3.36. The molecule has 1 amide bonds. The molecule has 2 aromatic rings. The van der Waals surface area contributed by atoms with Gasteiger partial charge in [0.2, 0.25) is 0 Å². The van der Waals surface area contributed by atoms with Gasteiger partial charge < -0.3 is 5.32 Å². The van der Waals surface area contributed by atoms with E-state index in [-0.39, 0.29) is 16.3 Å². The maximum absolute atomic E-state index is 12.0. The molecule has 1 N–H and O–H groups in total. The van der Waals surface area contributed by atoms with Gasteiger partial charge in [-0.3, -0.25) is 14.9 Å². The van der Waals surface area contributed by atoms with Crippen molar-refractivity contribution in [3.63, 3.8) is 0 Å². The van der Waals surface area contributed by atoms with E-state index in [0.29, 0.717) is 6.54 Å². The van der Waals surface area contributed by atoms with Crippen LogP contribution in [0.1, 0.15) is 15.2 Å². The Morgan fingerprint density at radius 1 is 1.45 bits per heavy atom. The number of nitro groups is 1. The van der Waals surface area contributed by atoms with Crippen LogP contribution in [-0.2, 0) is 6.54 Å². The smallest absolute Gasteiger partial charge is 0.270 e. The number of thiophene rings is 1. The summed E-state index contributed by atoms with van der Waals surface area (Å²) in [5, 5.41) is 15.5. The van der Waals surface area contributed by atoms with Gasteiger partial charge >= 0.3 is 0 Å². The van der Waals surface area contributed by atoms with Gasteiger partial charge in [-0.25, -0.2) is 0 Å². The van der Waals surface area contributed by atoms with Crippen molar-refractivity contribution >= 4 is 50.5 Å². The first-order chi connectivity index (χ1) is 9.49. The molecule has 0 fully saturated rings. The summed E-state index contributed by atoms with van der Waals surface area (Å²) in [4.78, 5) is 23.1. The second kappa shape index (κ2) is 6.34. The normalized spacial score (nSPS) is 10.3. The lowest BCUT2D eigenvalue weighted by Crippen LogP contribution is -2.22. The van der Waals surface area contributed by atoms with Gasteiger partial charge in [0.15, 0.2) is 0 Å². The number of nitro benzene ring substituents is 1. The molecule has 0 spiro atoms. The molecule has 0 aliphatic heterocycles. The van der Waals surface area contributed by atoms with Crippen molar-refractivity contribution in [3.8, 4) is 0 Å². The summed E-state index contributed by atoms with van der Waals surface area (Å²) < 4.78 is 0.910. The number of benzene rings is 1. The molecule has 0 saturated carbocycles. The number of rotatable bonds is 4. The first-order valence-electron chi connectivity index (χ1n) is 5.43. The summed E-state index contributed by atoms with van der Waals surface area (Å²) >= 11 is 10.8. The molecular formula is C12H8BrClN2O3S. The monoisotopic (exact) mass is 374 g/mol. The van der Waals surface area contributed by atoms with Crippen LogP contribution in [0.4, 0.5) is 5.69 Å². The minimum Gasteiger partial charge on any atom is -0.347 e. The van der Waals surface area contributed by atoms with Crippen molar-refractivity contribution in [3.05, 3.63) is 59.7 Å². The number of carbonyl (C=O) groups excluding carboxylic acids is 1. The first-order valence-corrected chi connectivity index (χ1v) is 7.48. The molecule has 0 atom stereocenters. The minimum absolute atomic E-state index is 0.0912. The van der Waals surface area contributed by atoms with Gasteiger partial charge in [-0.05, 0) is 33.4 Å². The molecule has 1 heterocycles. The number of nitrogens with one attached hydrogen (secondary N) is 1. The first kappa shape index (κ1) is 15.0. The Kier molecular flexibility index (Phi) is 4.74. The van der Waals surface area contributed by atoms with Gasteiger partial charge in [0.25, 0.3) is 11.6 Å². The fourth-order valence-corrected chi connectivity index (χ4v) is 3.14. The Bertz CT molecular complexity index is 674. The third-order valence-corrected chi connectivity index (χ3v) is 4.76. The Labute approximate surface area is 131 Å². The molecule has 1 aromatic heterocycles. The summed E-state index contributed by atoms with van der Waals surface area (Å²) in [5.41, 5.74) is -0.0783. The quantitative estimate of drug-likeness (QED) is 0.648. The number of hydrogen-bond donors (Lipinski definition) is 1. The average molecular weight is 376 g/mol. The molecule has 0 aliphatic rings. The maximum atomic E-state index is 12.0. The molecule has 0 unspecified atom stereocenters. The zero-order valence-corrected chi connectivity index (χ0v) is 13.1. The zero-order valence-electron chi connectivity index (χ0n) is 9.93. The summed E-state index contributed by atoms with van der Waals surface area (Å²) in [6.45, 7) is 0.329. The van der Waals surface area contributed by atoms with Crippen LogP contribution in [0.5, 0.6) is 0 Å². The lowest BCUT2D eigenvalue weighted by atomic mass is 10.2. The molecule has 0 aliphatic carbocycles. The van der Waals surface area contributed by atoms with Crippen molar-refractivity contribution in [2.75, 3.05) is 0 Å². The van der Waals surface area contributed by atoms with Crippen molar-refractivity contribution < 1.29 is 9.72 Å². The molecule has 0 bridgehead atoms. The molecule has 0 radical (unpaired) electrons. The van der Waals surface area contributed by atoms with E-state index < -0.39 is 10.8 Å². The second-order valence-corrected chi connectivity index (χ2v) is 6.06. The number of halogens is 2. The zero-order chi connectivity index (χ0) is 14.7. The van der Waals surface area contributed by atoms with Crippen molar-refractivity contribution in [2.45, 2.75) is 6.54 Å². The molecule has 2 rings (SSSR count). The maximum Gasteiger partial charge on any atom is 0.270 e. The van der Waals surface area contributed by atoms with Crippen LogP contribution in [0.3, 0.4) is 0 Å². The predicted molar refractivity (Wildman–Crippen MR) is 81.3 cm³/mol. The van der Waals surface area contributed by atoms with Gasteiger partial charge in [-0.1, -0.05) is 11.6 Å². The van der Waals surface area contributed by atoms with Gasteiger partial charge in [0.1, 0.15) is 0 Å². The molecule has 1 aromatic carbocycles. The van der Waals surface area contributed by atoms with Crippen LogP contribution in [0.15, 0.2) is 34.1 Å². The molecule has 20 heavy (non-hydrogen) atoms. The van der Waals surface area contributed by atoms with Crippen LogP contribution in [0, 0.1) is 10.1 Å². The van der Waals surface area contributed by atoms with E-state index in [1.807, 2.05) is 11.4 Å². The van der Waals surface area contributed by atoms with E-state index in [1.165, 1.54) is 29.5 Å². The number of carbonyl (C=O) groups is 1. The minimum atomic E-state index is -0.567. The third-order valence-electron chi connectivity index (χ3n) is 2.51. The van der Waals surface area contributed by atoms with Gasteiger partial charge in [0, 0.05) is 21.5 Å². The van der Waals surface area contributed by atoms with Crippen molar-refractivity contribution in [1.29, 1.82) is 0 Å². The van der Waals surface area contributed by atoms with Crippen LogP contribution in [-0.4, -0.2) is 10.8 Å². The van der Waals surface area contributed by atoms with Crippen LogP contribution in [0.2, 0.25) is 5.02 Å². The fraction of sp³-hybridized carbons (Fsp3) is 0.0833. The highest BCUT2D eigenvalue weighted by molar-refractivity contribution is 9.10. The topological polar surface area (TPSA) is 72.2 Å². The van der Waals surface area contributed by atoms with E-state index in [9.17, 15) is 14.9 Å². The molecule has 104 valence electrons. The Morgan fingerprint density at radius 2 is 2.20 bits per heavy atom. The van der Waals surface area contributed by atoms with Crippen molar-refractivity contribution in [2.24, 2.45) is 0 Å². The highest BCUT2D eigenvalue weighted by Crippen LogP contribution is 2.24. The second-order valence-electron chi connectivity index (χ2n) is 3.80. The molecule has 0 saturated heterocycles. The number of non-ortho nitro benzene ring substituents is 1. The summed E-state index contributed by atoms with van der Waals surface area (Å²) in [6.07, 6.45) is 0. The highest BCUT2D eigenvalue weighted by Gasteiger charge is 2.16. The Balaban J connectivity index is 2.15. The molecular weight excluding hydrogens is 368 g/mol. The SMILES string of the molecule is O=C(NCc1sccc1Br)c1cc([N+](=O)[O-])ccc1Cl. The number of nitrogens with zero attached hydrogens (tertiary/aromatic N) is 1. The summed E-state index contributed by atoms with van der Waals surface area (Å²) in [7, 11) is 0. The van der Waals surface area contributed by atoms with Gasteiger partial charge in [-0.15, -0.1) is 11.3 Å². The fourth-order valence-electron chi connectivity index (χ4n) is 1.51.